The number of carbonyl (C=O) groups excluding carboxylic acids is 1. The number of hydrogen-bond donors (Lipinski definition) is 0. The minimum atomic E-state index is -4.14. The normalized spacial score (nSPS) is 22.0. The smallest absolute Gasteiger partial charge is 0.307 e. The molecule has 1 aliphatic heterocycles. The molecule has 1 aromatic carbocycles. The molecule has 1 aliphatic rings. The van der Waals surface area contributed by atoms with Crippen molar-refractivity contribution in [2.24, 2.45) is 0 Å². The van der Waals surface area contributed by atoms with Crippen molar-refractivity contribution in [3.8, 4) is 0 Å². The number of benzene rings is 1. The van der Waals surface area contributed by atoms with Gasteiger partial charge in [0.15, 0.2) is 0 Å². The van der Waals surface area contributed by atoms with Crippen LogP contribution in [-0.4, -0.2) is 47.3 Å². The van der Waals surface area contributed by atoms with E-state index in [0.29, 0.717) is 5.56 Å². The maximum atomic E-state index is 13.6. The average molecular weight is 433 g/mol. The number of esters is 1. The van der Waals surface area contributed by atoms with Gasteiger partial charge in [0.1, 0.15) is 6.04 Å². The summed E-state index contributed by atoms with van der Waals surface area (Å²) in [6.07, 6.45) is 2.57. The van der Waals surface area contributed by atoms with Gasteiger partial charge in [0, 0.05) is 29.8 Å². The zero-order chi connectivity index (χ0) is 21.9. The highest BCUT2D eigenvalue weighted by atomic mass is 32.2. The van der Waals surface area contributed by atoms with Crippen LogP contribution in [0.15, 0.2) is 53.7 Å². The van der Waals surface area contributed by atoms with E-state index in [9.17, 15) is 23.3 Å². The van der Waals surface area contributed by atoms with Crippen LogP contribution in [0.3, 0.4) is 0 Å². The molecule has 160 valence electrons. The van der Waals surface area contributed by atoms with E-state index < -0.39 is 39.0 Å². The fourth-order valence-electron chi connectivity index (χ4n) is 3.79. The fraction of sp³-hybridized carbons (Fsp3) is 0.400. The quantitative estimate of drug-likeness (QED) is 0.374. The van der Waals surface area contributed by atoms with Crippen LogP contribution in [0.25, 0.3) is 0 Å². The van der Waals surface area contributed by atoms with Gasteiger partial charge in [-0.25, -0.2) is 8.42 Å². The summed E-state index contributed by atoms with van der Waals surface area (Å²) < 4.78 is 33.2. The zero-order valence-electron chi connectivity index (χ0n) is 16.7. The maximum Gasteiger partial charge on any atom is 0.307 e. The summed E-state index contributed by atoms with van der Waals surface area (Å²) in [6.45, 7) is 3.61. The van der Waals surface area contributed by atoms with Gasteiger partial charge < -0.3 is 4.74 Å². The van der Waals surface area contributed by atoms with Crippen molar-refractivity contribution in [1.29, 1.82) is 0 Å². The first-order valence-corrected chi connectivity index (χ1v) is 11.0. The summed E-state index contributed by atoms with van der Waals surface area (Å²) in [6, 6.07) is 6.25. The molecule has 0 spiro atoms. The minimum Gasteiger partial charge on any atom is -0.466 e. The molecule has 2 heterocycles. The van der Waals surface area contributed by atoms with E-state index in [1.165, 1.54) is 24.5 Å². The minimum absolute atomic E-state index is 0.0137. The van der Waals surface area contributed by atoms with Gasteiger partial charge in [-0.05, 0) is 37.6 Å². The van der Waals surface area contributed by atoms with Crippen molar-refractivity contribution in [2.45, 2.75) is 49.7 Å². The van der Waals surface area contributed by atoms with Crippen LogP contribution in [0.1, 0.15) is 36.9 Å². The number of aryl methyl sites for hydroxylation is 1. The fourth-order valence-corrected chi connectivity index (χ4v) is 5.63. The van der Waals surface area contributed by atoms with E-state index in [0.717, 1.165) is 9.87 Å². The van der Waals surface area contributed by atoms with E-state index in [-0.39, 0.29) is 24.3 Å². The average Bonchev–Trinajstić information content (AvgIpc) is 3.09. The largest absolute Gasteiger partial charge is 0.466 e. The van der Waals surface area contributed by atoms with Crippen molar-refractivity contribution in [3.05, 3.63) is 70.0 Å². The van der Waals surface area contributed by atoms with Crippen LogP contribution in [0, 0.1) is 17.0 Å². The van der Waals surface area contributed by atoms with Gasteiger partial charge >= 0.3 is 5.97 Å². The standard InChI is InChI=1S/C20H23N3O6S/c1-3-29-19(24)12-16-11-18(23(25)26)20(15-5-4-10-21-13-15)22(16)30(27,28)17-8-6-14(2)7-9-17/h4-10,13,16,18,20H,3,11-12H2,1-2H3/t16-,18+,20-/m0/s1. The van der Waals surface area contributed by atoms with E-state index >= 15 is 0 Å². The molecule has 2 aromatic rings. The Balaban J connectivity index is 2.12. The van der Waals surface area contributed by atoms with Crippen LogP contribution in [0.2, 0.25) is 0 Å². The van der Waals surface area contributed by atoms with Crippen molar-refractivity contribution < 1.29 is 22.9 Å². The second-order valence-electron chi connectivity index (χ2n) is 7.13. The molecule has 0 N–H and O–H groups in total. The number of carbonyl (C=O) groups is 1. The number of hydrogen-bond acceptors (Lipinski definition) is 7. The van der Waals surface area contributed by atoms with Gasteiger partial charge in [-0.1, -0.05) is 23.8 Å². The van der Waals surface area contributed by atoms with E-state index in [2.05, 4.69) is 4.98 Å². The van der Waals surface area contributed by atoms with Crippen LogP contribution < -0.4 is 0 Å². The summed E-state index contributed by atoms with van der Waals surface area (Å²) in [7, 11) is -4.14. The SMILES string of the molecule is CCOC(=O)C[C@@H]1C[C@@H]([N+](=O)[O-])[C@H](c2cccnc2)N1S(=O)(=O)c1ccc(C)cc1. The van der Waals surface area contributed by atoms with Crippen LogP contribution in [0.5, 0.6) is 0 Å². The summed E-state index contributed by atoms with van der Waals surface area (Å²) >= 11 is 0. The Bertz CT molecular complexity index is 1010. The van der Waals surface area contributed by atoms with Crippen molar-refractivity contribution in [1.82, 2.24) is 9.29 Å². The number of rotatable bonds is 7. The molecule has 0 saturated carbocycles. The predicted octanol–water partition coefficient (Wildman–Crippen LogP) is 2.49. The zero-order valence-corrected chi connectivity index (χ0v) is 17.5. The number of nitrogens with zero attached hydrogens (tertiary/aromatic N) is 3. The lowest BCUT2D eigenvalue weighted by Crippen LogP contribution is -2.40. The molecule has 1 saturated heterocycles. The Morgan fingerprint density at radius 2 is 2.00 bits per heavy atom. The molecular formula is C20H23N3O6S. The van der Waals surface area contributed by atoms with Crippen LogP contribution in [-0.2, 0) is 19.6 Å². The van der Waals surface area contributed by atoms with E-state index in [1.54, 1.807) is 31.2 Å². The Hall–Kier alpha value is -2.85. The summed E-state index contributed by atoms with van der Waals surface area (Å²) in [4.78, 5) is 27.5. The highest BCUT2D eigenvalue weighted by Gasteiger charge is 2.54. The maximum absolute atomic E-state index is 13.6. The number of aromatic nitrogens is 1. The molecule has 9 nitrogen and oxygen atoms in total. The molecule has 0 unspecified atom stereocenters. The van der Waals surface area contributed by atoms with Crippen molar-refractivity contribution >= 4 is 16.0 Å². The molecule has 10 heteroatoms. The highest BCUT2D eigenvalue weighted by molar-refractivity contribution is 7.89. The first kappa shape index (κ1) is 21.8. The van der Waals surface area contributed by atoms with Gasteiger partial charge in [-0.2, -0.15) is 4.31 Å². The lowest BCUT2D eigenvalue weighted by atomic mass is 10.0. The number of ether oxygens (including phenoxy) is 1. The van der Waals surface area contributed by atoms with Crippen molar-refractivity contribution in [2.75, 3.05) is 6.61 Å². The molecule has 3 atom stereocenters. The molecule has 3 rings (SSSR count). The number of nitro groups is 1. The molecule has 0 amide bonds. The van der Waals surface area contributed by atoms with Gasteiger partial charge in [-0.3, -0.25) is 19.9 Å². The third kappa shape index (κ3) is 4.34. The van der Waals surface area contributed by atoms with Crippen LogP contribution in [0.4, 0.5) is 0 Å². The van der Waals surface area contributed by atoms with Crippen LogP contribution >= 0.6 is 0 Å². The molecule has 0 radical (unpaired) electrons. The van der Waals surface area contributed by atoms with Gasteiger partial charge in [-0.15, -0.1) is 0 Å². The molecule has 30 heavy (non-hydrogen) atoms. The Kier molecular flexibility index (Phi) is 6.47. The molecule has 1 fully saturated rings. The van der Waals surface area contributed by atoms with Gasteiger partial charge in [0.2, 0.25) is 16.1 Å². The first-order valence-electron chi connectivity index (χ1n) is 9.55. The molecule has 0 aliphatic carbocycles. The number of sulfonamides is 1. The van der Waals surface area contributed by atoms with Gasteiger partial charge in [0.05, 0.1) is 17.9 Å². The third-order valence-electron chi connectivity index (χ3n) is 5.11. The molecule has 0 bridgehead atoms. The summed E-state index contributed by atoms with van der Waals surface area (Å²) in [5.74, 6) is -0.597. The molecular weight excluding hydrogens is 410 g/mol. The lowest BCUT2D eigenvalue weighted by Gasteiger charge is -2.28. The topological polar surface area (TPSA) is 120 Å². The second-order valence-corrected chi connectivity index (χ2v) is 8.97. The summed E-state index contributed by atoms with van der Waals surface area (Å²) in [5, 5.41) is 11.8. The van der Waals surface area contributed by atoms with Gasteiger partial charge in [0.25, 0.3) is 0 Å². The molecule has 1 aromatic heterocycles. The first-order chi connectivity index (χ1) is 14.3. The Labute approximate surface area is 174 Å². The summed E-state index contributed by atoms with van der Waals surface area (Å²) in [5.41, 5.74) is 1.28. The predicted molar refractivity (Wildman–Crippen MR) is 108 cm³/mol. The van der Waals surface area contributed by atoms with Crippen molar-refractivity contribution in [3.63, 3.8) is 0 Å². The third-order valence-corrected chi connectivity index (χ3v) is 7.06. The highest BCUT2D eigenvalue weighted by Crippen LogP contribution is 2.43. The van der Waals surface area contributed by atoms with E-state index in [4.69, 9.17) is 4.74 Å². The Morgan fingerprint density at radius 3 is 2.57 bits per heavy atom. The second kappa shape index (κ2) is 8.88. The van der Waals surface area contributed by atoms with E-state index in [1.807, 2.05) is 6.92 Å². The monoisotopic (exact) mass is 433 g/mol. The lowest BCUT2D eigenvalue weighted by molar-refractivity contribution is -0.525. The Morgan fingerprint density at radius 1 is 1.30 bits per heavy atom. The number of pyridine rings is 1.